The largest absolute Gasteiger partial charge is 0.469 e. The molecule has 0 spiro atoms. The van der Waals surface area contributed by atoms with Crippen molar-refractivity contribution in [2.75, 3.05) is 32.8 Å². The summed E-state index contributed by atoms with van der Waals surface area (Å²) >= 11 is 0. The van der Waals surface area contributed by atoms with Crippen molar-refractivity contribution >= 4 is 5.96 Å². The predicted octanol–water partition coefficient (Wildman–Crippen LogP) is 2.68. The normalized spacial score (nSPS) is 25.8. The van der Waals surface area contributed by atoms with Gasteiger partial charge in [0, 0.05) is 32.7 Å². The number of likely N-dealkylation sites (tertiary alicyclic amines) is 1. The van der Waals surface area contributed by atoms with E-state index in [0.717, 1.165) is 63.3 Å². The van der Waals surface area contributed by atoms with Crippen molar-refractivity contribution < 1.29 is 9.15 Å². The molecule has 2 saturated heterocycles. The van der Waals surface area contributed by atoms with Crippen LogP contribution in [0.5, 0.6) is 0 Å². The van der Waals surface area contributed by atoms with E-state index in [0.29, 0.717) is 6.10 Å². The van der Waals surface area contributed by atoms with Gasteiger partial charge in [-0.15, -0.1) is 0 Å². The molecule has 128 valence electrons. The van der Waals surface area contributed by atoms with E-state index >= 15 is 0 Å². The molecule has 2 atom stereocenters. The van der Waals surface area contributed by atoms with Crippen molar-refractivity contribution in [2.45, 2.75) is 45.1 Å². The molecular formula is C18H29N3O2. The summed E-state index contributed by atoms with van der Waals surface area (Å²) in [5.41, 5.74) is 0. The number of aliphatic imine (C=N–C) groups is 1. The topological polar surface area (TPSA) is 50.0 Å². The minimum absolute atomic E-state index is 0.305. The Balaban J connectivity index is 1.56. The number of nitrogens with zero attached hydrogens (tertiary/aromatic N) is 2. The second-order valence-corrected chi connectivity index (χ2v) is 6.75. The monoisotopic (exact) mass is 319 g/mol. The second kappa shape index (κ2) is 8.39. The van der Waals surface area contributed by atoms with Gasteiger partial charge in [0.05, 0.1) is 18.9 Å². The molecule has 0 radical (unpaired) electrons. The van der Waals surface area contributed by atoms with E-state index in [1.165, 1.54) is 19.3 Å². The van der Waals surface area contributed by atoms with E-state index in [2.05, 4.69) is 17.1 Å². The molecule has 3 rings (SSSR count). The van der Waals surface area contributed by atoms with E-state index in [1.54, 1.807) is 6.26 Å². The lowest BCUT2D eigenvalue weighted by Gasteiger charge is -2.33. The van der Waals surface area contributed by atoms with Gasteiger partial charge in [0.25, 0.3) is 0 Å². The van der Waals surface area contributed by atoms with Gasteiger partial charge in [-0.3, -0.25) is 4.99 Å². The number of piperidine rings is 1. The van der Waals surface area contributed by atoms with Crippen LogP contribution >= 0.6 is 0 Å². The van der Waals surface area contributed by atoms with E-state index in [1.807, 2.05) is 12.1 Å². The average Bonchev–Trinajstić information content (AvgIpc) is 3.24. The van der Waals surface area contributed by atoms with Crippen molar-refractivity contribution in [2.24, 2.45) is 10.9 Å². The van der Waals surface area contributed by atoms with E-state index in [4.69, 9.17) is 14.1 Å². The first-order valence-corrected chi connectivity index (χ1v) is 8.98. The molecule has 0 saturated carbocycles. The number of ether oxygens (including phenoxy) is 1. The van der Waals surface area contributed by atoms with Gasteiger partial charge in [0.15, 0.2) is 5.96 Å². The van der Waals surface area contributed by atoms with Crippen LogP contribution in [-0.2, 0) is 11.2 Å². The Morgan fingerprint density at radius 2 is 2.35 bits per heavy atom. The van der Waals surface area contributed by atoms with Crippen LogP contribution in [0.25, 0.3) is 0 Å². The Hall–Kier alpha value is -1.49. The summed E-state index contributed by atoms with van der Waals surface area (Å²) in [5, 5.41) is 3.53. The first-order chi connectivity index (χ1) is 11.3. The first kappa shape index (κ1) is 16.4. The lowest BCUT2D eigenvalue weighted by Crippen LogP contribution is -2.47. The smallest absolute Gasteiger partial charge is 0.194 e. The molecular weight excluding hydrogens is 290 g/mol. The number of nitrogens with one attached hydrogen (secondary N) is 1. The number of hydrogen-bond donors (Lipinski definition) is 1. The summed E-state index contributed by atoms with van der Waals surface area (Å²) in [5.74, 6) is 2.80. The zero-order valence-corrected chi connectivity index (χ0v) is 14.2. The summed E-state index contributed by atoms with van der Waals surface area (Å²) in [6.07, 6.45) is 7.80. The highest BCUT2D eigenvalue weighted by Crippen LogP contribution is 2.16. The van der Waals surface area contributed by atoms with Crippen molar-refractivity contribution in [1.82, 2.24) is 10.2 Å². The minimum Gasteiger partial charge on any atom is -0.469 e. The molecule has 1 N–H and O–H groups in total. The highest BCUT2D eigenvalue weighted by molar-refractivity contribution is 5.80. The summed E-state index contributed by atoms with van der Waals surface area (Å²) in [6.45, 7) is 7.03. The van der Waals surface area contributed by atoms with Gasteiger partial charge in [-0.25, -0.2) is 0 Å². The molecule has 2 unspecified atom stereocenters. The van der Waals surface area contributed by atoms with E-state index in [-0.39, 0.29) is 0 Å². The molecule has 2 fully saturated rings. The van der Waals surface area contributed by atoms with Crippen LogP contribution in [0.2, 0.25) is 0 Å². The molecule has 5 heteroatoms. The number of rotatable bonds is 5. The van der Waals surface area contributed by atoms with Crippen LogP contribution < -0.4 is 5.32 Å². The minimum atomic E-state index is 0.305. The Bertz CT molecular complexity index is 480. The van der Waals surface area contributed by atoms with Crippen LogP contribution in [0.3, 0.4) is 0 Å². The third kappa shape index (κ3) is 4.99. The Labute approximate surface area is 139 Å². The van der Waals surface area contributed by atoms with E-state index < -0.39 is 0 Å². The van der Waals surface area contributed by atoms with Crippen molar-refractivity contribution in [3.05, 3.63) is 24.2 Å². The predicted molar refractivity (Wildman–Crippen MR) is 91.7 cm³/mol. The van der Waals surface area contributed by atoms with Gasteiger partial charge >= 0.3 is 0 Å². The maximum absolute atomic E-state index is 5.71. The van der Waals surface area contributed by atoms with Crippen molar-refractivity contribution in [3.8, 4) is 0 Å². The van der Waals surface area contributed by atoms with Crippen LogP contribution in [0.4, 0.5) is 0 Å². The van der Waals surface area contributed by atoms with Crippen molar-refractivity contribution in [1.29, 1.82) is 0 Å². The fourth-order valence-electron chi connectivity index (χ4n) is 3.38. The van der Waals surface area contributed by atoms with Crippen molar-refractivity contribution in [3.63, 3.8) is 0 Å². The Morgan fingerprint density at radius 3 is 3.09 bits per heavy atom. The summed E-state index contributed by atoms with van der Waals surface area (Å²) < 4.78 is 11.1. The number of hydrogen-bond acceptors (Lipinski definition) is 3. The Morgan fingerprint density at radius 1 is 1.39 bits per heavy atom. The van der Waals surface area contributed by atoms with Gasteiger partial charge < -0.3 is 19.4 Å². The fraction of sp³-hybridized carbons (Fsp3) is 0.722. The Kier molecular flexibility index (Phi) is 5.97. The van der Waals surface area contributed by atoms with Crippen LogP contribution in [0, 0.1) is 5.92 Å². The fourth-order valence-corrected chi connectivity index (χ4v) is 3.38. The molecule has 2 aliphatic heterocycles. The number of guanidine groups is 1. The molecule has 1 aromatic heterocycles. The van der Waals surface area contributed by atoms with Gasteiger partial charge in [-0.05, 0) is 43.7 Å². The van der Waals surface area contributed by atoms with Crippen LogP contribution in [-0.4, -0.2) is 49.7 Å². The molecule has 0 amide bonds. The maximum atomic E-state index is 5.71. The SMILES string of the molecule is CC1CCCN(C(=NCC2CCCO2)NCCc2ccco2)C1. The first-order valence-electron chi connectivity index (χ1n) is 8.98. The van der Waals surface area contributed by atoms with Gasteiger partial charge in [-0.2, -0.15) is 0 Å². The highest BCUT2D eigenvalue weighted by Gasteiger charge is 2.21. The molecule has 0 aliphatic carbocycles. The third-order valence-corrected chi connectivity index (χ3v) is 4.66. The molecule has 1 aromatic rings. The van der Waals surface area contributed by atoms with E-state index in [9.17, 15) is 0 Å². The molecule has 0 aromatic carbocycles. The standard InChI is InChI=1S/C18H29N3O2/c1-15-5-2-10-21(14-15)18(20-13-17-7-4-12-23-17)19-9-8-16-6-3-11-22-16/h3,6,11,15,17H,2,4-5,7-10,12-14H2,1H3,(H,19,20). The van der Waals surface area contributed by atoms with Gasteiger partial charge in [0.2, 0.25) is 0 Å². The lowest BCUT2D eigenvalue weighted by molar-refractivity contribution is 0.117. The lowest BCUT2D eigenvalue weighted by atomic mass is 10.0. The molecule has 2 aliphatic rings. The zero-order valence-electron chi connectivity index (χ0n) is 14.2. The van der Waals surface area contributed by atoms with Crippen LogP contribution in [0.1, 0.15) is 38.4 Å². The molecule has 0 bridgehead atoms. The quantitative estimate of drug-likeness (QED) is 0.670. The van der Waals surface area contributed by atoms with Crippen LogP contribution in [0.15, 0.2) is 27.8 Å². The third-order valence-electron chi connectivity index (χ3n) is 4.66. The summed E-state index contributed by atoms with van der Waals surface area (Å²) in [7, 11) is 0. The summed E-state index contributed by atoms with van der Waals surface area (Å²) in [4.78, 5) is 7.27. The molecule has 3 heterocycles. The van der Waals surface area contributed by atoms with Gasteiger partial charge in [-0.1, -0.05) is 6.92 Å². The average molecular weight is 319 g/mol. The molecule has 23 heavy (non-hydrogen) atoms. The zero-order chi connectivity index (χ0) is 15.9. The maximum Gasteiger partial charge on any atom is 0.194 e. The molecule has 5 nitrogen and oxygen atoms in total. The number of furan rings is 1. The highest BCUT2D eigenvalue weighted by atomic mass is 16.5. The van der Waals surface area contributed by atoms with Gasteiger partial charge in [0.1, 0.15) is 5.76 Å². The summed E-state index contributed by atoms with van der Waals surface area (Å²) in [6, 6.07) is 3.96. The second-order valence-electron chi connectivity index (χ2n) is 6.75.